The highest BCUT2D eigenvalue weighted by atomic mass is 16.7. The van der Waals surface area contributed by atoms with E-state index < -0.39 is 12.7 Å². The van der Waals surface area contributed by atoms with Crippen molar-refractivity contribution in [3.63, 3.8) is 0 Å². The van der Waals surface area contributed by atoms with Crippen LogP contribution in [0.4, 0.5) is 4.79 Å². The van der Waals surface area contributed by atoms with Gasteiger partial charge in [0.1, 0.15) is 11.4 Å². The minimum atomic E-state index is -0.475. The first-order valence-corrected chi connectivity index (χ1v) is 9.75. The molecule has 1 aromatic rings. The molecule has 154 valence electrons. The molecule has 0 radical (unpaired) electrons. The van der Waals surface area contributed by atoms with Crippen LogP contribution in [0.3, 0.4) is 0 Å². The molecule has 1 unspecified atom stereocenters. The fourth-order valence-corrected chi connectivity index (χ4v) is 3.59. The Balaban J connectivity index is 1.56. The second-order valence-electron chi connectivity index (χ2n) is 8.27. The molecule has 0 saturated carbocycles. The summed E-state index contributed by atoms with van der Waals surface area (Å²) in [6, 6.07) is 5.89. The number of likely N-dealkylation sites (tertiary alicyclic amines) is 1. The summed E-state index contributed by atoms with van der Waals surface area (Å²) in [6.07, 6.45) is 1.11. The Hall–Kier alpha value is -1.77. The fraction of sp³-hybridized carbons (Fsp3) is 0.650. The van der Waals surface area contributed by atoms with Gasteiger partial charge in [0.05, 0.1) is 6.61 Å². The number of ether oxygens (including phenoxy) is 3. The molecule has 7 nitrogen and oxygen atoms in total. The Morgan fingerprint density at radius 1 is 1.18 bits per heavy atom. The first kappa shape index (κ1) is 21.0. The van der Waals surface area contributed by atoms with Crippen LogP contribution in [0.2, 0.25) is 0 Å². The minimum Gasteiger partial charge on any atom is -0.464 e. The van der Waals surface area contributed by atoms with E-state index in [4.69, 9.17) is 23.5 Å². The lowest BCUT2D eigenvalue weighted by Gasteiger charge is -2.38. The van der Waals surface area contributed by atoms with E-state index in [0.29, 0.717) is 19.7 Å². The van der Waals surface area contributed by atoms with E-state index in [2.05, 4.69) is 0 Å². The SMILES string of the molecule is COB(OC)c1ccc2c(c1)COC(C1CCN(C(=O)OC(C)(C)C)CC1)O2. The molecule has 0 bridgehead atoms. The number of hydrogen-bond acceptors (Lipinski definition) is 6. The molecule has 0 aromatic heterocycles. The largest absolute Gasteiger partial charge is 0.493 e. The summed E-state index contributed by atoms with van der Waals surface area (Å²) >= 11 is 0. The number of fused-ring (bicyclic) bond motifs is 1. The van der Waals surface area contributed by atoms with Crippen LogP contribution in [0.1, 0.15) is 39.2 Å². The maximum atomic E-state index is 12.2. The minimum absolute atomic E-state index is 0.247. The molecule has 0 N–H and O–H groups in total. The molecule has 1 saturated heterocycles. The van der Waals surface area contributed by atoms with Crippen LogP contribution < -0.4 is 10.2 Å². The number of hydrogen-bond donors (Lipinski definition) is 0. The highest BCUT2D eigenvalue weighted by Gasteiger charge is 2.34. The van der Waals surface area contributed by atoms with Crippen LogP contribution in [-0.4, -0.2) is 57.3 Å². The van der Waals surface area contributed by atoms with Gasteiger partial charge < -0.3 is 28.4 Å². The second kappa shape index (κ2) is 8.72. The summed E-state index contributed by atoms with van der Waals surface area (Å²) < 4.78 is 28.2. The first-order valence-electron chi connectivity index (χ1n) is 9.75. The van der Waals surface area contributed by atoms with E-state index in [1.807, 2.05) is 39.0 Å². The Morgan fingerprint density at radius 2 is 1.86 bits per heavy atom. The number of piperidine rings is 1. The molecular weight excluding hydrogens is 361 g/mol. The van der Waals surface area contributed by atoms with Crippen molar-refractivity contribution >= 4 is 18.7 Å². The van der Waals surface area contributed by atoms with Crippen LogP contribution >= 0.6 is 0 Å². The third-order valence-electron chi connectivity index (χ3n) is 5.01. The number of rotatable bonds is 4. The van der Waals surface area contributed by atoms with Crippen molar-refractivity contribution in [3.8, 4) is 5.75 Å². The van der Waals surface area contributed by atoms with E-state index >= 15 is 0 Å². The van der Waals surface area contributed by atoms with Gasteiger partial charge in [0.2, 0.25) is 6.29 Å². The number of amides is 1. The van der Waals surface area contributed by atoms with Crippen molar-refractivity contribution in [3.05, 3.63) is 23.8 Å². The summed E-state index contributed by atoms with van der Waals surface area (Å²) in [5, 5.41) is 0. The molecule has 2 aliphatic rings. The number of nitrogens with zero attached hydrogens (tertiary/aromatic N) is 1. The fourth-order valence-electron chi connectivity index (χ4n) is 3.59. The van der Waals surface area contributed by atoms with Crippen molar-refractivity contribution in [1.82, 2.24) is 4.90 Å². The molecule has 0 aliphatic carbocycles. The number of carbonyl (C=O) groups excluding carboxylic acids is 1. The highest BCUT2D eigenvalue weighted by molar-refractivity contribution is 6.61. The van der Waals surface area contributed by atoms with Gasteiger partial charge in [-0.1, -0.05) is 12.1 Å². The van der Waals surface area contributed by atoms with E-state index in [1.165, 1.54) is 0 Å². The van der Waals surface area contributed by atoms with E-state index in [-0.39, 0.29) is 18.3 Å². The molecule has 2 heterocycles. The molecule has 3 rings (SSSR count). The molecule has 2 aliphatic heterocycles. The second-order valence-corrected chi connectivity index (χ2v) is 8.27. The van der Waals surface area contributed by atoms with Crippen LogP contribution in [0, 0.1) is 5.92 Å². The third kappa shape index (κ3) is 4.98. The zero-order valence-electron chi connectivity index (χ0n) is 17.4. The van der Waals surface area contributed by atoms with Gasteiger partial charge in [0.15, 0.2) is 0 Å². The highest BCUT2D eigenvalue weighted by Crippen LogP contribution is 2.32. The van der Waals surface area contributed by atoms with Crippen LogP contribution in [0.25, 0.3) is 0 Å². The summed E-state index contributed by atoms with van der Waals surface area (Å²) in [7, 11) is 2.82. The lowest BCUT2D eigenvalue weighted by atomic mass is 9.78. The molecule has 8 heteroatoms. The molecule has 1 fully saturated rings. The van der Waals surface area contributed by atoms with Gasteiger partial charge >= 0.3 is 13.2 Å². The molecule has 1 amide bonds. The van der Waals surface area contributed by atoms with Crippen molar-refractivity contribution < 1.29 is 28.3 Å². The lowest BCUT2D eigenvalue weighted by Crippen LogP contribution is -2.45. The summed E-state index contributed by atoms with van der Waals surface area (Å²) in [4.78, 5) is 14.0. The Labute approximate surface area is 167 Å². The van der Waals surface area contributed by atoms with Crippen molar-refractivity contribution in [2.45, 2.75) is 52.1 Å². The smallest absolute Gasteiger partial charge is 0.464 e. The van der Waals surface area contributed by atoms with Gasteiger partial charge in [0.25, 0.3) is 0 Å². The van der Waals surface area contributed by atoms with Gasteiger partial charge in [-0.3, -0.25) is 0 Å². The number of carbonyl (C=O) groups is 1. The quantitative estimate of drug-likeness (QED) is 0.735. The van der Waals surface area contributed by atoms with E-state index in [0.717, 1.165) is 29.6 Å². The average molecular weight is 391 g/mol. The maximum Gasteiger partial charge on any atom is 0.493 e. The van der Waals surface area contributed by atoms with Gasteiger partial charge in [-0.05, 0) is 45.1 Å². The lowest BCUT2D eigenvalue weighted by molar-refractivity contribution is -0.149. The molecule has 1 atom stereocenters. The van der Waals surface area contributed by atoms with E-state index in [9.17, 15) is 4.79 Å². The molecule has 1 aromatic carbocycles. The maximum absolute atomic E-state index is 12.2. The van der Waals surface area contributed by atoms with Crippen LogP contribution in [0.5, 0.6) is 5.75 Å². The van der Waals surface area contributed by atoms with Crippen LogP contribution in [0.15, 0.2) is 18.2 Å². The number of benzene rings is 1. The summed E-state index contributed by atoms with van der Waals surface area (Å²) in [5.74, 6) is 1.08. The predicted molar refractivity (Wildman–Crippen MR) is 106 cm³/mol. The summed E-state index contributed by atoms with van der Waals surface area (Å²) in [5.41, 5.74) is 1.44. The Bertz CT molecular complexity index is 680. The van der Waals surface area contributed by atoms with Crippen LogP contribution in [-0.2, 0) is 25.4 Å². The molecule has 28 heavy (non-hydrogen) atoms. The standard InChI is InChI=1S/C20H30BNO6/c1-20(2,3)28-19(23)22-10-8-14(9-11-22)18-26-13-15-12-16(21(24-4)25-5)6-7-17(15)27-18/h6-7,12,14,18H,8-11,13H2,1-5H3. The average Bonchev–Trinajstić information content (AvgIpc) is 2.67. The first-order chi connectivity index (χ1) is 13.3. The molecule has 0 spiro atoms. The van der Waals surface area contributed by atoms with Crippen molar-refractivity contribution in [2.75, 3.05) is 27.3 Å². The Kier molecular flexibility index (Phi) is 6.52. The topological polar surface area (TPSA) is 66.5 Å². The van der Waals surface area contributed by atoms with Crippen molar-refractivity contribution in [2.24, 2.45) is 5.92 Å². The van der Waals surface area contributed by atoms with E-state index in [1.54, 1.807) is 19.1 Å². The monoisotopic (exact) mass is 391 g/mol. The predicted octanol–water partition coefficient (Wildman–Crippen LogP) is 2.56. The zero-order valence-corrected chi connectivity index (χ0v) is 17.4. The van der Waals surface area contributed by atoms with Gasteiger partial charge in [-0.15, -0.1) is 0 Å². The van der Waals surface area contributed by atoms with Gasteiger partial charge in [0, 0.05) is 38.8 Å². The summed E-state index contributed by atoms with van der Waals surface area (Å²) in [6.45, 7) is 7.43. The van der Waals surface area contributed by atoms with Gasteiger partial charge in [-0.2, -0.15) is 0 Å². The van der Waals surface area contributed by atoms with Crippen molar-refractivity contribution in [1.29, 1.82) is 0 Å². The third-order valence-corrected chi connectivity index (χ3v) is 5.01. The normalized spacial score (nSPS) is 20.3. The Morgan fingerprint density at radius 3 is 2.46 bits per heavy atom. The van der Waals surface area contributed by atoms with Gasteiger partial charge in [-0.25, -0.2) is 4.79 Å². The molecular formula is C20H30BNO6. The zero-order chi connectivity index (χ0) is 20.3.